The summed E-state index contributed by atoms with van der Waals surface area (Å²) in [4.78, 5) is 14.0. The summed E-state index contributed by atoms with van der Waals surface area (Å²) in [7, 11) is 2.18. The molecular weight excluding hydrogens is 576 g/mol. The summed E-state index contributed by atoms with van der Waals surface area (Å²) in [5, 5.41) is 15.4. The van der Waals surface area contributed by atoms with Gasteiger partial charge in [-0.2, -0.15) is 10.2 Å². The monoisotopic (exact) mass is 616 g/mol. The minimum absolute atomic E-state index is 0.0297. The molecule has 0 saturated carbocycles. The SMILES string of the molecule is C[C@H](Oc1nc(-c2noc3c2CCC[C@@]32CCCc3sc(N)c(C#N)c32)nc2c1CCCO[C@]21CCOC1)[C@@H]1CCCN1C. The van der Waals surface area contributed by atoms with Gasteiger partial charge >= 0.3 is 0 Å². The van der Waals surface area contributed by atoms with Gasteiger partial charge in [0.05, 0.1) is 23.3 Å². The molecule has 10 nitrogen and oxygen atoms in total. The van der Waals surface area contributed by atoms with Crippen LogP contribution in [0.1, 0.15) is 96.9 Å². The molecule has 2 saturated heterocycles. The third-order valence-electron chi connectivity index (χ3n) is 10.8. The molecule has 3 aromatic heterocycles. The summed E-state index contributed by atoms with van der Waals surface area (Å²) >= 11 is 1.56. The van der Waals surface area contributed by atoms with Crippen molar-refractivity contribution >= 4 is 16.3 Å². The molecule has 2 fully saturated rings. The van der Waals surface area contributed by atoms with Gasteiger partial charge in [-0.15, -0.1) is 11.3 Å². The van der Waals surface area contributed by atoms with Gasteiger partial charge in [-0.25, -0.2) is 4.98 Å². The molecule has 0 bridgehead atoms. The molecule has 44 heavy (non-hydrogen) atoms. The smallest absolute Gasteiger partial charge is 0.220 e. The lowest BCUT2D eigenvalue weighted by Gasteiger charge is -2.39. The Labute approximate surface area is 261 Å². The van der Waals surface area contributed by atoms with Gasteiger partial charge in [0.15, 0.2) is 17.3 Å². The molecule has 6 heterocycles. The predicted molar refractivity (Wildman–Crippen MR) is 165 cm³/mol. The Bertz CT molecular complexity index is 1630. The Morgan fingerprint density at radius 2 is 1.93 bits per heavy atom. The van der Waals surface area contributed by atoms with E-state index in [0.29, 0.717) is 53.8 Å². The molecule has 5 aliphatic rings. The average Bonchev–Trinajstić information content (AvgIpc) is 3.80. The van der Waals surface area contributed by atoms with Crippen molar-refractivity contribution in [1.29, 1.82) is 5.26 Å². The number of nitrogens with zero attached hydrogens (tertiary/aromatic N) is 5. The molecule has 0 unspecified atom stereocenters. The quantitative estimate of drug-likeness (QED) is 0.425. The van der Waals surface area contributed by atoms with Crippen LogP contribution < -0.4 is 10.5 Å². The third kappa shape index (κ3) is 4.25. The normalized spacial score (nSPS) is 28.8. The van der Waals surface area contributed by atoms with Crippen LogP contribution in [0.5, 0.6) is 5.88 Å². The number of aromatic nitrogens is 3. The van der Waals surface area contributed by atoms with Crippen molar-refractivity contribution in [2.75, 3.05) is 39.1 Å². The van der Waals surface area contributed by atoms with E-state index in [9.17, 15) is 5.26 Å². The number of aryl methyl sites for hydroxylation is 1. The van der Waals surface area contributed by atoms with E-state index in [2.05, 4.69) is 24.9 Å². The van der Waals surface area contributed by atoms with Gasteiger partial charge in [-0.3, -0.25) is 4.90 Å². The van der Waals surface area contributed by atoms with Crippen LogP contribution in [0, 0.1) is 11.3 Å². The summed E-state index contributed by atoms with van der Waals surface area (Å²) in [6.45, 7) is 4.98. The standard InChI is InChI=1S/C33H40N6O4S/c1-19(23-9-5-14-39(23)2)42-31-21-8-6-15-41-33(13-16-40-18-33)27(21)36-30(37-31)26-20-7-3-11-32(28(20)43-38-26)12-4-10-24-25(32)22(17-34)29(35)44-24/h19,23H,3-16,18,35H2,1-2H3/t19-,23-,32-,33-/m0/s1. The van der Waals surface area contributed by atoms with Crippen LogP contribution in [0.15, 0.2) is 4.52 Å². The Kier molecular flexibility index (Phi) is 6.98. The zero-order valence-electron chi connectivity index (χ0n) is 25.6. The molecule has 0 radical (unpaired) electrons. The highest BCUT2D eigenvalue weighted by molar-refractivity contribution is 7.16. The van der Waals surface area contributed by atoms with Gasteiger partial charge in [0, 0.05) is 41.7 Å². The Hall–Kier alpha value is -3.04. The molecular formula is C33H40N6O4S. The van der Waals surface area contributed by atoms with Crippen LogP contribution >= 0.6 is 11.3 Å². The second kappa shape index (κ2) is 10.8. The number of thiophene rings is 1. The molecule has 0 aromatic carbocycles. The lowest BCUT2D eigenvalue weighted by molar-refractivity contribution is -0.0539. The Morgan fingerprint density at radius 1 is 1.09 bits per heavy atom. The molecule has 2 aliphatic carbocycles. The first-order valence-electron chi connectivity index (χ1n) is 16.3. The fourth-order valence-electron chi connectivity index (χ4n) is 8.70. The summed E-state index contributed by atoms with van der Waals surface area (Å²) < 4.78 is 25.6. The number of hydrogen-bond acceptors (Lipinski definition) is 11. The lowest BCUT2D eigenvalue weighted by atomic mass is 9.63. The first kappa shape index (κ1) is 28.4. The van der Waals surface area contributed by atoms with Crippen molar-refractivity contribution in [3.05, 3.63) is 38.6 Å². The Morgan fingerprint density at radius 3 is 2.70 bits per heavy atom. The van der Waals surface area contributed by atoms with Crippen molar-refractivity contribution in [1.82, 2.24) is 20.0 Å². The zero-order chi connectivity index (χ0) is 30.1. The van der Waals surface area contributed by atoms with Crippen LogP contribution in [0.2, 0.25) is 0 Å². The van der Waals surface area contributed by atoms with Gasteiger partial charge in [-0.05, 0) is 90.3 Å². The first-order chi connectivity index (χ1) is 21.4. The maximum Gasteiger partial charge on any atom is 0.220 e. The molecule has 8 rings (SSSR count). The predicted octanol–water partition coefficient (Wildman–Crippen LogP) is 5.05. The van der Waals surface area contributed by atoms with E-state index in [0.717, 1.165) is 98.9 Å². The molecule has 232 valence electrons. The molecule has 3 aromatic rings. The van der Waals surface area contributed by atoms with Crippen molar-refractivity contribution in [3.8, 4) is 23.5 Å². The maximum atomic E-state index is 10.1. The fourth-order valence-corrected chi connectivity index (χ4v) is 9.86. The van der Waals surface area contributed by atoms with Crippen molar-refractivity contribution in [2.24, 2.45) is 0 Å². The number of likely N-dealkylation sites (N-methyl/N-ethyl adjacent to an activating group) is 1. The second-order valence-corrected chi connectivity index (χ2v) is 14.5. The van der Waals surface area contributed by atoms with E-state index >= 15 is 0 Å². The van der Waals surface area contributed by atoms with Crippen LogP contribution in [-0.4, -0.2) is 65.6 Å². The molecule has 0 amide bonds. The van der Waals surface area contributed by atoms with Gasteiger partial charge in [0.1, 0.15) is 22.8 Å². The minimum atomic E-state index is -0.617. The number of nitrogen functional groups attached to an aromatic ring is 1. The second-order valence-electron chi connectivity index (χ2n) is 13.3. The number of nitrogens with two attached hydrogens (primary N) is 1. The number of fused-ring (bicyclic) bond motifs is 6. The number of ether oxygens (including phenoxy) is 3. The maximum absolute atomic E-state index is 10.1. The number of nitriles is 1. The van der Waals surface area contributed by atoms with Crippen molar-refractivity contribution in [2.45, 2.75) is 101 Å². The molecule has 3 aliphatic heterocycles. The molecule has 4 atom stereocenters. The van der Waals surface area contributed by atoms with E-state index in [1.54, 1.807) is 11.3 Å². The van der Waals surface area contributed by atoms with Crippen LogP contribution in [-0.2, 0) is 39.8 Å². The van der Waals surface area contributed by atoms with E-state index in [1.807, 2.05) is 0 Å². The van der Waals surface area contributed by atoms with Gasteiger partial charge < -0.3 is 24.5 Å². The summed E-state index contributed by atoms with van der Waals surface area (Å²) in [5.41, 5.74) is 10.6. The lowest BCUT2D eigenvalue weighted by Crippen LogP contribution is -2.38. The summed E-state index contributed by atoms with van der Waals surface area (Å²) in [5.74, 6) is 2.01. The zero-order valence-corrected chi connectivity index (χ0v) is 26.4. The van der Waals surface area contributed by atoms with E-state index in [4.69, 9.17) is 39.6 Å². The molecule has 11 heteroatoms. The van der Waals surface area contributed by atoms with Gasteiger partial charge in [0.25, 0.3) is 0 Å². The summed E-state index contributed by atoms with van der Waals surface area (Å²) in [6, 6.07) is 2.75. The van der Waals surface area contributed by atoms with Gasteiger partial charge in [0.2, 0.25) is 5.88 Å². The highest BCUT2D eigenvalue weighted by Crippen LogP contribution is 2.55. The van der Waals surface area contributed by atoms with E-state index < -0.39 is 11.0 Å². The number of anilines is 1. The highest BCUT2D eigenvalue weighted by Gasteiger charge is 2.49. The average molecular weight is 617 g/mol. The number of likely N-dealkylation sites (tertiary alicyclic amines) is 1. The number of rotatable bonds is 4. The topological polar surface area (TPSA) is 133 Å². The Balaban J connectivity index is 1.27. The number of hydrogen-bond donors (Lipinski definition) is 1. The van der Waals surface area contributed by atoms with Crippen molar-refractivity contribution in [3.63, 3.8) is 0 Å². The third-order valence-corrected chi connectivity index (χ3v) is 11.9. The molecule has 2 N–H and O–H groups in total. The van der Waals surface area contributed by atoms with Crippen LogP contribution in [0.4, 0.5) is 5.00 Å². The summed E-state index contributed by atoms with van der Waals surface area (Å²) in [6.07, 6.45) is 10.2. The van der Waals surface area contributed by atoms with Crippen LogP contribution in [0.25, 0.3) is 11.5 Å². The van der Waals surface area contributed by atoms with E-state index in [-0.39, 0.29) is 6.10 Å². The largest absolute Gasteiger partial charge is 0.473 e. The van der Waals surface area contributed by atoms with E-state index in [1.165, 1.54) is 11.3 Å². The fraction of sp³-hybridized carbons (Fsp3) is 0.636. The first-order valence-corrected chi connectivity index (χ1v) is 17.1. The minimum Gasteiger partial charge on any atom is -0.473 e. The molecule has 2 spiro atoms. The van der Waals surface area contributed by atoms with Gasteiger partial charge in [-0.1, -0.05) is 5.16 Å². The van der Waals surface area contributed by atoms with Crippen molar-refractivity contribution < 1.29 is 18.7 Å². The van der Waals surface area contributed by atoms with Crippen LogP contribution in [0.3, 0.4) is 0 Å². The highest BCUT2D eigenvalue weighted by atomic mass is 32.1.